The highest BCUT2D eigenvalue weighted by Gasteiger charge is 2.23. The van der Waals surface area contributed by atoms with E-state index in [1.165, 1.54) is 12.1 Å². The molecule has 0 saturated carbocycles. The zero-order valence-corrected chi connectivity index (χ0v) is 9.19. The molecule has 4 heteroatoms. The third kappa shape index (κ3) is 1.59. The van der Waals surface area contributed by atoms with E-state index in [4.69, 9.17) is 15.2 Å². The van der Waals surface area contributed by atoms with Gasteiger partial charge < -0.3 is 20.1 Å². The van der Waals surface area contributed by atoms with Crippen LogP contribution < -0.4 is 20.1 Å². The normalized spacial score (nSPS) is 22.8. The lowest BCUT2D eigenvalue weighted by atomic mass is 10.1. The van der Waals surface area contributed by atoms with E-state index in [0.29, 0.717) is 12.7 Å². The first-order valence-corrected chi connectivity index (χ1v) is 5.71. The largest absolute Gasteiger partial charge is 0.454 e. The van der Waals surface area contributed by atoms with Crippen LogP contribution in [-0.2, 0) is 0 Å². The number of benzene rings is 1. The smallest absolute Gasteiger partial charge is 0.231 e. The topological polar surface area (TPSA) is 47.7 Å². The lowest BCUT2D eigenvalue weighted by molar-refractivity contribution is 0.174. The van der Waals surface area contributed by atoms with Gasteiger partial charge in [-0.25, -0.2) is 0 Å². The van der Waals surface area contributed by atoms with Gasteiger partial charge in [0.1, 0.15) is 0 Å². The van der Waals surface area contributed by atoms with E-state index in [9.17, 15) is 0 Å². The van der Waals surface area contributed by atoms with Crippen molar-refractivity contribution in [2.24, 2.45) is 11.7 Å². The molecule has 0 aliphatic carbocycles. The Bertz CT molecular complexity index is 395. The SMILES string of the molecule is NC[C@H]1CCN(c2ccc3c(c2)OCO3)C1. The van der Waals surface area contributed by atoms with Gasteiger partial charge >= 0.3 is 0 Å². The summed E-state index contributed by atoms with van der Waals surface area (Å²) in [6, 6.07) is 6.13. The van der Waals surface area contributed by atoms with Crippen molar-refractivity contribution < 1.29 is 9.47 Å². The zero-order valence-electron chi connectivity index (χ0n) is 9.19. The standard InChI is InChI=1S/C12H16N2O2/c13-6-9-3-4-14(7-9)10-1-2-11-12(5-10)16-8-15-11/h1-2,5,9H,3-4,6-8,13H2/t9-/m1/s1. The van der Waals surface area contributed by atoms with Crippen LogP contribution in [0.1, 0.15) is 6.42 Å². The Labute approximate surface area is 94.9 Å². The summed E-state index contributed by atoms with van der Waals surface area (Å²) in [5, 5.41) is 0. The monoisotopic (exact) mass is 220 g/mol. The molecule has 0 amide bonds. The Morgan fingerprint density at radius 2 is 2.19 bits per heavy atom. The Hall–Kier alpha value is -1.42. The first-order valence-electron chi connectivity index (χ1n) is 5.71. The quantitative estimate of drug-likeness (QED) is 0.813. The van der Waals surface area contributed by atoms with Gasteiger partial charge in [-0.2, -0.15) is 0 Å². The summed E-state index contributed by atoms with van der Waals surface area (Å²) in [6.45, 7) is 3.25. The van der Waals surface area contributed by atoms with Gasteiger partial charge in [-0.15, -0.1) is 0 Å². The van der Waals surface area contributed by atoms with E-state index >= 15 is 0 Å². The molecule has 4 nitrogen and oxygen atoms in total. The summed E-state index contributed by atoms with van der Waals surface area (Å²) < 4.78 is 10.7. The van der Waals surface area contributed by atoms with E-state index in [1.807, 2.05) is 6.07 Å². The first-order chi connectivity index (χ1) is 7.86. The second-order valence-electron chi connectivity index (χ2n) is 4.37. The summed E-state index contributed by atoms with van der Waals surface area (Å²) in [7, 11) is 0. The molecule has 86 valence electrons. The number of ether oxygens (including phenoxy) is 2. The predicted molar refractivity (Wildman–Crippen MR) is 61.9 cm³/mol. The van der Waals surface area contributed by atoms with Crippen LogP contribution in [0.5, 0.6) is 11.5 Å². The molecule has 1 aromatic rings. The van der Waals surface area contributed by atoms with E-state index < -0.39 is 0 Å². The van der Waals surface area contributed by atoms with Crippen molar-refractivity contribution >= 4 is 5.69 Å². The number of anilines is 1. The van der Waals surface area contributed by atoms with Crippen molar-refractivity contribution in [1.29, 1.82) is 0 Å². The fourth-order valence-corrected chi connectivity index (χ4v) is 2.34. The van der Waals surface area contributed by atoms with E-state index in [-0.39, 0.29) is 0 Å². The van der Waals surface area contributed by atoms with Crippen molar-refractivity contribution in [3.8, 4) is 11.5 Å². The Kier molecular flexibility index (Phi) is 2.36. The van der Waals surface area contributed by atoms with Crippen LogP contribution >= 0.6 is 0 Å². The molecule has 0 aromatic heterocycles. The minimum atomic E-state index is 0.338. The first kappa shape index (κ1) is 9.78. The summed E-state index contributed by atoms with van der Waals surface area (Å²) in [5.41, 5.74) is 6.90. The Balaban J connectivity index is 1.80. The van der Waals surface area contributed by atoms with Gasteiger partial charge in [-0.05, 0) is 31.0 Å². The lowest BCUT2D eigenvalue weighted by Gasteiger charge is -2.18. The molecule has 2 heterocycles. The van der Waals surface area contributed by atoms with E-state index in [1.54, 1.807) is 0 Å². The second-order valence-corrected chi connectivity index (χ2v) is 4.37. The van der Waals surface area contributed by atoms with Crippen LogP contribution in [0, 0.1) is 5.92 Å². The molecular formula is C12H16N2O2. The molecular weight excluding hydrogens is 204 g/mol. The number of hydrogen-bond donors (Lipinski definition) is 1. The minimum absolute atomic E-state index is 0.338. The van der Waals surface area contributed by atoms with E-state index in [2.05, 4.69) is 17.0 Å². The summed E-state index contributed by atoms with van der Waals surface area (Å²) >= 11 is 0. The molecule has 0 unspecified atom stereocenters. The van der Waals surface area contributed by atoms with Crippen molar-refractivity contribution in [3.63, 3.8) is 0 Å². The fraction of sp³-hybridized carbons (Fsp3) is 0.500. The lowest BCUT2D eigenvalue weighted by Crippen LogP contribution is -2.22. The molecule has 1 atom stereocenters. The Morgan fingerprint density at radius 1 is 1.31 bits per heavy atom. The molecule has 2 N–H and O–H groups in total. The maximum absolute atomic E-state index is 5.69. The highest BCUT2D eigenvalue weighted by Crippen LogP contribution is 2.36. The van der Waals surface area contributed by atoms with Gasteiger partial charge in [0, 0.05) is 24.8 Å². The number of fused-ring (bicyclic) bond motifs is 1. The molecule has 0 spiro atoms. The van der Waals surface area contributed by atoms with Crippen LogP contribution in [0.4, 0.5) is 5.69 Å². The van der Waals surface area contributed by atoms with Gasteiger partial charge in [0.2, 0.25) is 6.79 Å². The average molecular weight is 220 g/mol. The van der Waals surface area contributed by atoms with Crippen LogP contribution in [0.25, 0.3) is 0 Å². The third-order valence-corrected chi connectivity index (χ3v) is 3.34. The van der Waals surface area contributed by atoms with Gasteiger partial charge in [0.25, 0.3) is 0 Å². The predicted octanol–water partition coefficient (Wildman–Crippen LogP) is 1.20. The fourth-order valence-electron chi connectivity index (χ4n) is 2.34. The number of hydrogen-bond acceptors (Lipinski definition) is 4. The van der Waals surface area contributed by atoms with Crippen molar-refractivity contribution in [1.82, 2.24) is 0 Å². The summed E-state index contributed by atoms with van der Waals surface area (Å²) in [4.78, 5) is 2.36. The highest BCUT2D eigenvalue weighted by molar-refractivity contribution is 5.57. The minimum Gasteiger partial charge on any atom is -0.454 e. The maximum Gasteiger partial charge on any atom is 0.231 e. The van der Waals surface area contributed by atoms with Crippen LogP contribution in [-0.4, -0.2) is 26.4 Å². The molecule has 16 heavy (non-hydrogen) atoms. The van der Waals surface area contributed by atoms with Gasteiger partial charge in [0.15, 0.2) is 11.5 Å². The summed E-state index contributed by atoms with van der Waals surface area (Å²) in [6.07, 6.45) is 1.19. The molecule has 2 aliphatic rings. The molecule has 0 bridgehead atoms. The molecule has 3 rings (SSSR count). The van der Waals surface area contributed by atoms with Crippen LogP contribution in [0.15, 0.2) is 18.2 Å². The van der Waals surface area contributed by atoms with Crippen molar-refractivity contribution in [3.05, 3.63) is 18.2 Å². The zero-order chi connectivity index (χ0) is 11.0. The van der Waals surface area contributed by atoms with Crippen LogP contribution in [0.2, 0.25) is 0 Å². The van der Waals surface area contributed by atoms with Gasteiger partial charge in [0.05, 0.1) is 0 Å². The van der Waals surface area contributed by atoms with Crippen LogP contribution in [0.3, 0.4) is 0 Å². The molecule has 1 aromatic carbocycles. The molecule has 0 radical (unpaired) electrons. The maximum atomic E-state index is 5.69. The van der Waals surface area contributed by atoms with E-state index in [0.717, 1.165) is 31.1 Å². The molecule has 1 fully saturated rings. The second kappa shape index (κ2) is 3.87. The third-order valence-electron chi connectivity index (χ3n) is 3.34. The van der Waals surface area contributed by atoms with Gasteiger partial charge in [-0.1, -0.05) is 0 Å². The average Bonchev–Trinajstić information content (AvgIpc) is 2.96. The Morgan fingerprint density at radius 3 is 3.00 bits per heavy atom. The van der Waals surface area contributed by atoms with Crippen molar-refractivity contribution in [2.45, 2.75) is 6.42 Å². The highest BCUT2D eigenvalue weighted by atomic mass is 16.7. The molecule has 2 aliphatic heterocycles. The summed E-state index contributed by atoms with van der Waals surface area (Å²) in [5.74, 6) is 2.33. The molecule has 1 saturated heterocycles. The number of nitrogens with two attached hydrogens (primary N) is 1. The van der Waals surface area contributed by atoms with Gasteiger partial charge in [-0.3, -0.25) is 0 Å². The van der Waals surface area contributed by atoms with Crippen molar-refractivity contribution in [2.75, 3.05) is 31.3 Å². The number of rotatable bonds is 2. The number of nitrogens with zero attached hydrogens (tertiary/aromatic N) is 1.